The van der Waals surface area contributed by atoms with Crippen molar-refractivity contribution in [2.45, 2.75) is 15.2 Å². The summed E-state index contributed by atoms with van der Waals surface area (Å²) in [5.74, 6) is 0. The first kappa shape index (κ1) is 28.4. The molecule has 230 valence electrons. The second kappa shape index (κ2) is 10.5. The molecule has 1 aromatic heterocycles. The summed E-state index contributed by atoms with van der Waals surface area (Å²) < 4.78 is 22.7. The maximum absolute atomic E-state index is 16.2. The van der Waals surface area contributed by atoms with Crippen molar-refractivity contribution in [1.82, 2.24) is 0 Å². The van der Waals surface area contributed by atoms with E-state index in [0.717, 1.165) is 70.6 Å². The SMILES string of the molecule is N#Cc1ccc(-c2ccc3c(c2)Sc2ccccc2C32c3ccccc3P(=O)(c3ccccc3)c3cc4oc5ccccc5c4cc32)cc1. The first-order valence-corrected chi connectivity index (χ1v) is 18.8. The smallest absolute Gasteiger partial charge is 0.171 e. The van der Waals surface area contributed by atoms with E-state index in [1.165, 1.54) is 10.5 Å². The highest BCUT2D eigenvalue weighted by molar-refractivity contribution is 7.99. The first-order valence-electron chi connectivity index (χ1n) is 16.3. The normalized spacial score (nSPS) is 18.8. The molecular weight excluding hydrogens is 638 g/mol. The fourth-order valence-electron chi connectivity index (χ4n) is 8.12. The summed E-state index contributed by atoms with van der Waals surface area (Å²) in [6, 6.07) is 56.2. The summed E-state index contributed by atoms with van der Waals surface area (Å²) in [6.07, 6.45) is 0. The zero-order chi connectivity index (χ0) is 32.7. The first-order chi connectivity index (χ1) is 24.1. The molecule has 0 N–H and O–H groups in total. The summed E-state index contributed by atoms with van der Waals surface area (Å²) >= 11 is 1.78. The van der Waals surface area contributed by atoms with Crippen LogP contribution in [0.5, 0.6) is 0 Å². The van der Waals surface area contributed by atoms with E-state index in [4.69, 9.17) is 4.42 Å². The van der Waals surface area contributed by atoms with Crippen molar-refractivity contribution in [2.75, 3.05) is 0 Å². The maximum Gasteiger partial charge on any atom is 0.171 e. The van der Waals surface area contributed by atoms with Gasteiger partial charge in [-0.25, -0.2) is 0 Å². The molecule has 2 aliphatic rings. The Morgan fingerprint density at radius 1 is 0.551 bits per heavy atom. The molecule has 3 nitrogen and oxygen atoms in total. The minimum atomic E-state index is -3.37. The molecule has 49 heavy (non-hydrogen) atoms. The van der Waals surface area contributed by atoms with E-state index in [1.807, 2.05) is 78.9 Å². The molecule has 3 heterocycles. The Bertz CT molecular complexity index is 2740. The van der Waals surface area contributed by atoms with Crippen LogP contribution in [0.25, 0.3) is 33.1 Å². The van der Waals surface area contributed by atoms with Crippen LogP contribution < -0.4 is 15.9 Å². The summed E-state index contributed by atoms with van der Waals surface area (Å²) in [7, 11) is -3.37. The molecule has 8 aromatic rings. The van der Waals surface area contributed by atoms with E-state index in [0.29, 0.717) is 5.56 Å². The average Bonchev–Trinajstić information content (AvgIpc) is 3.54. The van der Waals surface area contributed by atoms with Gasteiger partial charge < -0.3 is 8.98 Å². The molecule has 0 bridgehead atoms. The summed E-state index contributed by atoms with van der Waals surface area (Å²) in [5.41, 5.74) is 7.99. The lowest BCUT2D eigenvalue weighted by atomic mass is 9.64. The largest absolute Gasteiger partial charge is 0.456 e. The third kappa shape index (κ3) is 3.83. The number of furan rings is 1. The van der Waals surface area contributed by atoms with Crippen LogP contribution in [-0.2, 0) is 9.98 Å². The van der Waals surface area contributed by atoms with Gasteiger partial charge in [-0.05, 0) is 75.8 Å². The summed E-state index contributed by atoms with van der Waals surface area (Å²) in [6.45, 7) is 0. The minimum absolute atomic E-state index is 0.639. The number of hydrogen-bond acceptors (Lipinski definition) is 4. The Kier molecular flexibility index (Phi) is 6.06. The van der Waals surface area contributed by atoms with Gasteiger partial charge in [0.25, 0.3) is 0 Å². The van der Waals surface area contributed by atoms with Crippen LogP contribution in [0.1, 0.15) is 27.8 Å². The Labute approximate surface area is 287 Å². The number of nitriles is 1. The molecular formula is C44H26NO2PS. The van der Waals surface area contributed by atoms with Gasteiger partial charge in [-0.15, -0.1) is 0 Å². The van der Waals surface area contributed by atoms with Crippen LogP contribution in [0.15, 0.2) is 172 Å². The van der Waals surface area contributed by atoms with E-state index in [1.54, 1.807) is 11.8 Å². The van der Waals surface area contributed by atoms with Gasteiger partial charge in [0.2, 0.25) is 0 Å². The molecule has 0 radical (unpaired) electrons. The summed E-state index contributed by atoms with van der Waals surface area (Å²) in [4.78, 5) is 2.32. The average molecular weight is 664 g/mol. The molecule has 2 atom stereocenters. The van der Waals surface area contributed by atoms with Gasteiger partial charge in [-0.2, -0.15) is 5.26 Å². The van der Waals surface area contributed by atoms with Crippen molar-refractivity contribution in [3.8, 4) is 17.2 Å². The van der Waals surface area contributed by atoms with Crippen LogP contribution in [0.2, 0.25) is 0 Å². The second-order valence-electron chi connectivity index (χ2n) is 12.7. The van der Waals surface area contributed by atoms with Crippen molar-refractivity contribution >= 4 is 56.8 Å². The lowest BCUT2D eigenvalue weighted by molar-refractivity contribution is 0.589. The van der Waals surface area contributed by atoms with Crippen LogP contribution >= 0.6 is 18.9 Å². The monoisotopic (exact) mass is 663 g/mol. The van der Waals surface area contributed by atoms with Crippen LogP contribution in [0.3, 0.4) is 0 Å². The Hall–Kier alpha value is -5.59. The lowest BCUT2D eigenvalue weighted by Crippen LogP contribution is -2.48. The molecule has 0 fully saturated rings. The zero-order valence-corrected chi connectivity index (χ0v) is 27.8. The Morgan fingerprint density at radius 3 is 2.08 bits per heavy atom. The van der Waals surface area contributed by atoms with E-state index in [2.05, 4.69) is 84.9 Å². The van der Waals surface area contributed by atoms with E-state index >= 15 is 4.57 Å². The molecule has 0 amide bonds. The lowest BCUT2D eigenvalue weighted by Gasteiger charge is -2.47. The van der Waals surface area contributed by atoms with E-state index in [-0.39, 0.29) is 0 Å². The third-order valence-electron chi connectivity index (χ3n) is 10.2. The van der Waals surface area contributed by atoms with E-state index < -0.39 is 12.6 Å². The van der Waals surface area contributed by atoms with Gasteiger partial charge in [0.15, 0.2) is 7.14 Å². The number of fused-ring (bicyclic) bond motifs is 11. The minimum Gasteiger partial charge on any atom is -0.456 e. The van der Waals surface area contributed by atoms with Crippen LogP contribution in [0, 0.1) is 11.3 Å². The molecule has 2 aliphatic heterocycles. The van der Waals surface area contributed by atoms with Crippen LogP contribution in [-0.4, -0.2) is 0 Å². The molecule has 2 unspecified atom stereocenters. The number of benzene rings is 7. The van der Waals surface area contributed by atoms with Gasteiger partial charge in [0.05, 0.1) is 17.0 Å². The molecule has 10 rings (SSSR count). The standard InChI is InChI=1S/C44H26NO2PS/c45-27-28-18-20-29(21-19-28)30-22-23-36-43(24-30)49-42-17-9-6-14-35(42)44(36)34-13-5-8-16-40(34)48(46,31-10-2-1-3-11-31)41-26-39-33(25-37(41)44)32-12-4-7-15-38(32)47-39/h1-26H. The molecule has 0 aliphatic carbocycles. The van der Waals surface area contributed by atoms with Gasteiger partial charge >= 0.3 is 0 Å². The van der Waals surface area contributed by atoms with Crippen molar-refractivity contribution in [3.05, 3.63) is 186 Å². The highest BCUT2D eigenvalue weighted by Gasteiger charge is 2.54. The van der Waals surface area contributed by atoms with Crippen molar-refractivity contribution in [2.24, 2.45) is 0 Å². The highest BCUT2D eigenvalue weighted by atomic mass is 32.2. The van der Waals surface area contributed by atoms with Gasteiger partial charge in [0.1, 0.15) is 11.2 Å². The Balaban J connectivity index is 1.37. The predicted molar refractivity (Wildman–Crippen MR) is 199 cm³/mol. The fourth-order valence-corrected chi connectivity index (χ4v) is 12.5. The molecule has 0 saturated heterocycles. The maximum atomic E-state index is 16.2. The molecule has 1 spiro atoms. The zero-order valence-electron chi connectivity index (χ0n) is 26.1. The predicted octanol–water partition coefficient (Wildman–Crippen LogP) is 9.92. The summed E-state index contributed by atoms with van der Waals surface area (Å²) in [5, 5.41) is 13.9. The quantitative estimate of drug-likeness (QED) is 0.173. The number of hydrogen-bond donors (Lipinski definition) is 0. The highest BCUT2D eigenvalue weighted by Crippen LogP contribution is 2.62. The molecule has 5 heteroatoms. The van der Waals surface area contributed by atoms with E-state index in [9.17, 15) is 5.26 Å². The number of para-hydroxylation sites is 1. The number of nitrogens with zero attached hydrogens (tertiary/aromatic N) is 1. The van der Waals surface area contributed by atoms with Crippen molar-refractivity contribution in [1.29, 1.82) is 5.26 Å². The van der Waals surface area contributed by atoms with Gasteiger partial charge in [-0.3, -0.25) is 0 Å². The van der Waals surface area contributed by atoms with Crippen molar-refractivity contribution in [3.63, 3.8) is 0 Å². The second-order valence-corrected chi connectivity index (χ2v) is 16.5. The topological polar surface area (TPSA) is 54.0 Å². The fraction of sp³-hybridized carbons (Fsp3) is 0.0227. The van der Waals surface area contributed by atoms with Crippen LogP contribution in [0.4, 0.5) is 0 Å². The van der Waals surface area contributed by atoms with Gasteiger partial charge in [0, 0.05) is 36.5 Å². The Morgan fingerprint density at radius 2 is 1.24 bits per heavy atom. The van der Waals surface area contributed by atoms with Crippen molar-refractivity contribution < 1.29 is 8.98 Å². The third-order valence-corrected chi connectivity index (χ3v) is 14.5. The molecule has 0 saturated carbocycles. The number of rotatable bonds is 2. The molecule has 7 aromatic carbocycles. The van der Waals surface area contributed by atoms with Gasteiger partial charge in [-0.1, -0.05) is 127 Å².